The summed E-state index contributed by atoms with van der Waals surface area (Å²) in [4.78, 5) is 25.5. The van der Waals surface area contributed by atoms with Gasteiger partial charge in [0, 0.05) is 11.3 Å². The van der Waals surface area contributed by atoms with Crippen LogP contribution in [0.1, 0.15) is 15.9 Å². The number of nitrogens with one attached hydrogen (secondary N) is 1. The third kappa shape index (κ3) is 3.53. The molecule has 5 nitrogen and oxygen atoms in total. The monoisotopic (exact) mass is 328 g/mol. The molecule has 1 heterocycles. The first-order chi connectivity index (χ1) is 11.5. The highest BCUT2D eigenvalue weighted by Crippen LogP contribution is 2.22. The van der Waals surface area contributed by atoms with Gasteiger partial charge in [0.25, 0.3) is 5.91 Å². The highest BCUT2D eigenvalue weighted by molar-refractivity contribution is 5.94. The molecule has 2 aromatic carbocycles. The molecule has 6 heteroatoms. The molecular formula is C18H17FN2O3. The minimum Gasteiger partial charge on any atom is -0.442 e. The van der Waals surface area contributed by atoms with Gasteiger partial charge in [-0.05, 0) is 42.8 Å². The molecule has 1 fully saturated rings. The minimum atomic E-state index is -0.472. The summed E-state index contributed by atoms with van der Waals surface area (Å²) in [6.07, 6.45) is -0.888. The van der Waals surface area contributed by atoms with Gasteiger partial charge < -0.3 is 10.1 Å². The van der Waals surface area contributed by atoms with Crippen LogP contribution in [0.2, 0.25) is 0 Å². The van der Waals surface area contributed by atoms with Gasteiger partial charge in [0.1, 0.15) is 11.9 Å². The number of rotatable bonds is 4. The lowest BCUT2D eigenvalue weighted by atomic mass is 10.2. The minimum absolute atomic E-state index is 0.170. The van der Waals surface area contributed by atoms with E-state index in [1.54, 1.807) is 0 Å². The van der Waals surface area contributed by atoms with Crippen LogP contribution in [0.15, 0.2) is 48.5 Å². The summed E-state index contributed by atoms with van der Waals surface area (Å²) < 4.78 is 18.4. The van der Waals surface area contributed by atoms with Crippen molar-refractivity contribution in [2.75, 3.05) is 18.0 Å². The van der Waals surface area contributed by atoms with Gasteiger partial charge in [-0.3, -0.25) is 9.69 Å². The number of nitrogens with zero attached hydrogens (tertiary/aromatic N) is 1. The van der Waals surface area contributed by atoms with E-state index in [1.807, 2.05) is 31.2 Å². The van der Waals surface area contributed by atoms with E-state index in [1.165, 1.54) is 23.1 Å². The molecule has 1 atom stereocenters. The molecule has 1 aliphatic rings. The number of amides is 2. The van der Waals surface area contributed by atoms with E-state index in [0.717, 1.165) is 17.3 Å². The molecule has 1 aliphatic heterocycles. The van der Waals surface area contributed by atoms with Crippen LogP contribution in [0.4, 0.5) is 14.9 Å². The number of aryl methyl sites for hydroxylation is 1. The number of ether oxygens (including phenoxy) is 1. The third-order valence-electron chi connectivity index (χ3n) is 3.76. The van der Waals surface area contributed by atoms with Gasteiger partial charge in [-0.2, -0.15) is 0 Å². The van der Waals surface area contributed by atoms with Gasteiger partial charge in [0.2, 0.25) is 0 Å². The van der Waals surface area contributed by atoms with Crippen LogP contribution in [-0.4, -0.2) is 31.2 Å². The van der Waals surface area contributed by atoms with Crippen molar-refractivity contribution in [2.45, 2.75) is 13.0 Å². The number of hydrogen-bond donors (Lipinski definition) is 1. The zero-order chi connectivity index (χ0) is 17.1. The van der Waals surface area contributed by atoms with E-state index < -0.39 is 23.9 Å². The molecule has 0 aliphatic carbocycles. The highest BCUT2D eigenvalue weighted by Gasteiger charge is 2.32. The fourth-order valence-electron chi connectivity index (χ4n) is 2.57. The number of benzene rings is 2. The van der Waals surface area contributed by atoms with Gasteiger partial charge in [-0.1, -0.05) is 18.2 Å². The number of carbonyl (C=O) groups is 2. The van der Waals surface area contributed by atoms with Crippen molar-refractivity contribution in [1.29, 1.82) is 0 Å². The molecule has 24 heavy (non-hydrogen) atoms. The summed E-state index contributed by atoms with van der Waals surface area (Å²) >= 11 is 0. The van der Waals surface area contributed by atoms with Crippen LogP contribution in [0, 0.1) is 12.7 Å². The highest BCUT2D eigenvalue weighted by atomic mass is 19.1. The lowest BCUT2D eigenvalue weighted by Gasteiger charge is -2.13. The lowest BCUT2D eigenvalue weighted by molar-refractivity contribution is 0.0915. The number of carbonyl (C=O) groups excluding carboxylic acids is 2. The Morgan fingerprint density at radius 2 is 2.08 bits per heavy atom. The quantitative estimate of drug-likeness (QED) is 0.939. The number of hydrogen-bond acceptors (Lipinski definition) is 3. The van der Waals surface area contributed by atoms with E-state index in [-0.39, 0.29) is 12.1 Å². The van der Waals surface area contributed by atoms with Crippen LogP contribution in [0.3, 0.4) is 0 Å². The first-order valence-corrected chi connectivity index (χ1v) is 7.61. The van der Waals surface area contributed by atoms with E-state index in [4.69, 9.17) is 4.74 Å². The maximum atomic E-state index is 13.1. The molecule has 1 N–H and O–H groups in total. The molecule has 0 radical (unpaired) electrons. The summed E-state index contributed by atoms with van der Waals surface area (Å²) in [6, 6.07) is 13.0. The second kappa shape index (κ2) is 6.70. The predicted molar refractivity (Wildman–Crippen MR) is 87.5 cm³/mol. The Bertz CT molecular complexity index is 778. The maximum Gasteiger partial charge on any atom is 0.414 e. The second-order valence-electron chi connectivity index (χ2n) is 5.68. The van der Waals surface area contributed by atoms with Gasteiger partial charge >= 0.3 is 6.09 Å². The topological polar surface area (TPSA) is 58.6 Å². The molecule has 1 saturated heterocycles. The van der Waals surface area contributed by atoms with Gasteiger partial charge in [0.15, 0.2) is 0 Å². The molecule has 1 unspecified atom stereocenters. The van der Waals surface area contributed by atoms with Crippen molar-refractivity contribution >= 4 is 17.7 Å². The molecule has 0 spiro atoms. The van der Waals surface area contributed by atoms with E-state index in [0.29, 0.717) is 6.54 Å². The largest absolute Gasteiger partial charge is 0.442 e. The third-order valence-corrected chi connectivity index (χ3v) is 3.76. The Morgan fingerprint density at radius 3 is 2.83 bits per heavy atom. The first-order valence-electron chi connectivity index (χ1n) is 7.61. The summed E-state index contributed by atoms with van der Waals surface area (Å²) in [7, 11) is 0. The van der Waals surface area contributed by atoms with E-state index in [9.17, 15) is 14.0 Å². The van der Waals surface area contributed by atoms with Crippen LogP contribution in [0.5, 0.6) is 0 Å². The van der Waals surface area contributed by atoms with E-state index >= 15 is 0 Å². The summed E-state index contributed by atoms with van der Waals surface area (Å²) in [6.45, 7) is 2.47. The summed E-state index contributed by atoms with van der Waals surface area (Å²) in [5.41, 5.74) is 2.04. The molecular weight excluding hydrogens is 311 g/mol. The zero-order valence-corrected chi connectivity index (χ0v) is 13.2. The van der Waals surface area contributed by atoms with Crippen LogP contribution in [0.25, 0.3) is 0 Å². The fraction of sp³-hybridized carbons (Fsp3) is 0.222. The summed E-state index contributed by atoms with van der Waals surface area (Å²) in [5, 5.41) is 2.66. The van der Waals surface area contributed by atoms with Gasteiger partial charge in [-0.15, -0.1) is 0 Å². The Kier molecular flexibility index (Phi) is 4.46. The number of cyclic esters (lactones) is 1. The van der Waals surface area contributed by atoms with Crippen LogP contribution in [-0.2, 0) is 4.74 Å². The molecule has 0 aromatic heterocycles. The molecule has 2 aromatic rings. The molecule has 0 saturated carbocycles. The van der Waals surface area contributed by atoms with E-state index in [2.05, 4.69) is 5.32 Å². The van der Waals surface area contributed by atoms with Crippen molar-refractivity contribution in [3.8, 4) is 0 Å². The van der Waals surface area contributed by atoms with Crippen LogP contribution >= 0.6 is 0 Å². The average Bonchev–Trinajstić information content (AvgIpc) is 2.93. The smallest absolute Gasteiger partial charge is 0.414 e. The van der Waals surface area contributed by atoms with Crippen molar-refractivity contribution in [2.24, 2.45) is 0 Å². The fourth-order valence-corrected chi connectivity index (χ4v) is 2.57. The molecule has 124 valence electrons. The zero-order valence-electron chi connectivity index (χ0n) is 13.2. The number of anilines is 1. The second-order valence-corrected chi connectivity index (χ2v) is 5.68. The van der Waals surface area contributed by atoms with Crippen molar-refractivity contribution in [3.63, 3.8) is 0 Å². The van der Waals surface area contributed by atoms with Crippen molar-refractivity contribution in [3.05, 3.63) is 65.5 Å². The molecule has 3 rings (SSSR count). The standard InChI is InChI=1S/C18H17FN2O3/c1-12-4-2-7-15(8-12)21-11-16(24-18(21)23)10-20-17(22)13-5-3-6-14(19)9-13/h2-9,16H,10-11H2,1H3,(H,20,22). The lowest BCUT2D eigenvalue weighted by Crippen LogP contribution is -2.34. The van der Waals surface area contributed by atoms with Gasteiger partial charge in [-0.25, -0.2) is 9.18 Å². The Balaban J connectivity index is 1.59. The SMILES string of the molecule is Cc1cccc(N2CC(CNC(=O)c3cccc(F)c3)OC2=O)c1. The maximum absolute atomic E-state index is 13.1. The Labute approximate surface area is 139 Å². The average molecular weight is 328 g/mol. The summed E-state index contributed by atoms with van der Waals surface area (Å²) in [5.74, 6) is -0.875. The van der Waals surface area contributed by atoms with Crippen molar-refractivity contribution in [1.82, 2.24) is 5.32 Å². The van der Waals surface area contributed by atoms with Crippen LogP contribution < -0.4 is 10.2 Å². The van der Waals surface area contributed by atoms with Gasteiger partial charge in [0.05, 0.1) is 13.1 Å². The molecule has 2 amide bonds. The Morgan fingerprint density at radius 1 is 1.29 bits per heavy atom. The molecule has 0 bridgehead atoms. The Hall–Kier alpha value is -2.89. The van der Waals surface area contributed by atoms with Crippen molar-refractivity contribution < 1.29 is 18.7 Å². The predicted octanol–water partition coefficient (Wildman–Crippen LogP) is 2.89. The first kappa shape index (κ1) is 16.0. The number of halogens is 1. The normalized spacial score (nSPS) is 16.8.